The topological polar surface area (TPSA) is 213 Å². The number of rotatable bonds is 9. The molecular weight excluding hydrogens is 456 g/mol. The Hall–Kier alpha value is -2.95. The summed E-state index contributed by atoms with van der Waals surface area (Å²) in [6, 6.07) is 0.409. The average Bonchev–Trinajstić information content (AvgIpc) is 2.60. The molecule has 0 aromatic heterocycles. The van der Waals surface area contributed by atoms with Gasteiger partial charge in [0.1, 0.15) is 0 Å². The molecular formula is C13H17ClN4O11S. The highest BCUT2D eigenvalue weighted by atomic mass is 35.5. The van der Waals surface area contributed by atoms with Crippen LogP contribution in [0.1, 0.15) is 6.92 Å². The van der Waals surface area contributed by atoms with E-state index in [0.29, 0.717) is 25.6 Å². The lowest BCUT2D eigenvalue weighted by Gasteiger charge is -2.12. The van der Waals surface area contributed by atoms with Gasteiger partial charge in [-0.2, -0.15) is 8.42 Å². The lowest BCUT2D eigenvalue weighted by Crippen LogP contribution is -2.28. The summed E-state index contributed by atoms with van der Waals surface area (Å²) in [5, 5.41) is 31.7. The number of non-ortho nitro benzene ring substituents is 1. The number of hydrogen-bond acceptors (Lipinski definition) is 11. The van der Waals surface area contributed by atoms with Gasteiger partial charge in [0.05, 0.1) is 40.1 Å². The van der Waals surface area contributed by atoms with Crippen molar-refractivity contribution in [2.75, 3.05) is 32.6 Å². The van der Waals surface area contributed by atoms with E-state index in [-0.39, 0.29) is 18.1 Å². The van der Waals surface area contributed by atoms with Crippen LogP contribution in [0.2, 0.25) is 0 Å². The first kappa shape index (κ1) is 27.0. The molecule has 1 aromatic carbocycles. The summed E-state index contributed by atoms with van der Waals surface area (Å²) >= 11 is 5.46. The number of carbonyl (C=O) groups excluding carboxylic acids is 1. The van der Waals surface area contributed by atoms with E-state index < -0.39 is 46.8 Å². The van der Waals surface area contributed by atoms with Crippen LogP contribution in [-0.4, -0.2) is 71.2 Å². The predicted octanol–water partition coefficient (Wildman–Crippen LogP) is 1.38. The molecule has 0 bridgehead atoms. The molecule has 0 unspecified atom stereocenters. The molecule has 0 aliphatic carbocycles. The minimum Gasteiger partial charge on any atom is -0.465 e. The highest BCUT2D eigenvalue weighted by Crippen LogP contribution is 2.36. The highest BCUT2D eigenvalue weighted by molar-refractivity contribution is 7.86. The van der Waals surface area contributed by atoms with Gasteiger partial charge in [-0.05, 0) is 14.0 Å². The molecule has 0 fully saturated rings. The summed E-state index contributed by atoms with van der Waals surface area (Å²) in [6.45, 7) is 3.26. The zero-order chi connectivity index (χ0) is 23.6. The van der Waals surface area contributed by atoms with Crippen molar-refractivity contribution in [3.05, 3.63) is 42.5 Å². The maximum absolute atomic E-state index is 10.9. The lowest BCUT2D eigenvalue weighted by atomic mass is 10.2. The van der Waals surface area contributed by atoms with Crippen LogP contribution in [0.4, 0.5) is 17.1 Å². The Kier molecular flexibility index (Phi) is 10.7. The normalized spacial score (nSPS) is 10.7. The maximum atomic E-state index is 10.9. The van der Waals surface area contributed by atoms with Crippen molar-refractivity contribution in [1.29, 1.82) is 0 Å². The first-order valence-corrected chi connectivity index (χ1v) is 9.72. The smallest absolute Gasteiger partial charge is 0.320 e. The maximum Gasteiger partial charge on any atom is 0.320 e. The molecule has 1 rings (SSSR count). The number of nitro groups is 3. The second kappa shape index (κ2) is 11.9. The number of benzene rings is 1. The van der Waals surface area contributed by atoms with Crippen molar-refractivity contribution in [1.82, 2.24) is 4.90 Å². The molecule has 17 heteroatoms. The standard InChI is InChI=1S/C7H14ClNO2.C6H3N3O9S/c1-3-11-7(10)6-9(2)5-4-8;10-7(11)3-1-4(8(12)13)6(19(16,17)18)5(2-3)9(14)15/h3-6H2,1-2H3;1-2H,(H,16,17,18). The van der Waals surface area contributed by atoms with E-state index in [1.807, 2.05) is 11.9 Å². The molecule has 0 amide bonds. The number of likely N-dealkylation sites (N-methyl/N-ethyl adjacent to an activating group) is 1. The van der Waals surface area contributed by atoms with E-state index in [9.17, 15) is 43.6 Å². The molecule has 30 heavy (non-hydrogen) atoms. The predicted molar refractivity (Wildman–Crippen MR) is 101 cm³/mol. The third-order valence-corrected chi connectivity index (χ3v) is 4.17. The van der Waals surface area contributed by atoms with Gasteiger partial charge in [-0.25, -0.2) is 0 Å². The average molecular weight is 473 g/mol. The summed E-state index contributed by atoms with van der Waals surface area (Å²) in [4.78, 5) is 38.8. The largest absolute Gasteiger partial charge is 0.465 e. The molecule has 168 valence electrons. The van der Waals surface area contributed by atoms with Crippen LogP contribution >= 0.6 is 11.6 Å². The number of nitrogens with zero attached hydrogens (tertiary/aromatic N) is 4. The van der Waals surface area contributed by atoms with Crippen molar-refractivity contribution in [3.8, 4) is 0 Å². The number of alkyl halides is 1. The highest BCUT2D eigenvalue weighted by Gasteiger charge is 2.37. The number of halogens is 1. The van der Waals surface area contributed by atoms with Crippen LogP contribution in [0.15, 0.2) is 17.0 Å². The fraction of sp³-hybridized carbons (Fsp3) is 0.462. The molecule has 0 heterocycles. The molecule has 0 atom stereocenters. The van der Waals surface area contributed by atoms with Crippen LogP contribution in [-0.2, 0) is 19.6 Å². The van der Waals surface area contributed by atoms with Gasteiger partial charge in [-0.3, -0.25) is 44.6 Å². The number of carbonyl (C=O) groups is 1. The van der Waals surface area contributed by atoms with E-state index in [1.165, 1.54) is 0 Å². The third kappa shape index (κ3) is 8.60. The Morgan fingerprint density at radius 3 is 1.90 bits per heavy atom. The van der Waals surface area contributed by atoms with Crippen molar-refractivity contribution in [3.63, 3.8) is 0 Å². The van der Waals surface area contributed by atoms with Crippen molar-refractivity contribution < 1.29 is 37.3 Å². The monoisotopic (exact) mass is 472 g/mol. The molecule has 0 radical (unpaired) electrons. The van der Waals surface area contributed by atoms with Crippen molar-refractivity contribution >= 4 is 44.8 Å². The van der Waals surface area contributed by atoms with Crippen LogP contribution in [0, 0.1) is 30.3 Å². The van der Waals surface area contributed by atoms with E-state index >= 15 is 0 Å². The fourth-order valence-corrected chi connectivity index (χ4v) is 2.96. The first-order valence-electron chi connectivity index (χ1n) is 7.75. The molecule has 0 saturated heterocycles. The van der Waals surface area contributed by atoms with Crippen LogP contribution in [0.5, 0.6) is 0 Å². The van der Waals surface area contributed by atoms with Gasteiger partial charge in [-0.15, -0.1) is 11.6 Å². The number of esters is 1. The minimum absolute atomic E-state index is 0.194. The molecule has 0 saturated carbocycles. The third-order valence-electron chi connectivity index (χ3n) is 3.07. The second-order valence-electron chi connectivity index (χ2n) is 5.29. The Bertz CT molecular complexity index is 887. The summed E-state index contributed by atoms with van der Waals surface area (Å²) in [5.74, 6) is 0.343. The summed E-state index contributed by atoms with van der Waals surface area (Å²) in [7, 11) is -3.47. The Morgan fingerprint density at radius 1 is 1.13 bits per heavy atom. The van der Waals surface area contributed by atoms with Crippen LogP contribution in [0.25, 0.3) is 0 Å². The van der Waals surface area contributed by atoms with E-state index in [2.05, 4.69) is 0 Å². The van der Waals surface area contributed by atoms with Gasteiger partial charge >= 0.3 is 27.5 Å². The molecule has 1 N–H and O–H groups in total. The van der Waals surface area contributed by atoms with Gasteiger partial charge in [0, 0.05) is 12.4 Å². The van der Waals surface area contributed by atoms with E-state index in [0.717, 1.165) is 0 Å². The molecule has 15 nitrogen and oxygen atoms in total. The van der Waals surface area contributed by atoms with Gasteiger partial charge in [0.2, 0.25) is 4.90 Å². The number of hydrogen-bond donors (Lipinski definition) is 1. The number of ether oxygens (including phenoxy) is 1. The van der Waals surface area contributed by atoms with Crippen LogP contribution in [0.3, 0.4) is 0 Å². The summed E-state index contributed by atoms with van der Waals surface area (Å²) in [6.07, 6.45) is 0. The fourth-order valence-electron chi connectivity index (χ4n) is 1.88. The van der Waals surface area contributed by atoms with E-state index in [1.54, 1.807) is 6.92 Å². The minimum atomic E-state index is -5.30. The second-order valence-corrected chi connectivity index (χ2v) is 7.03. The zero-order valence-corrected chi connectivity index (χ0v) is 17.2. The van der Waals surface area contributed by atoms with Gasteiger partial charge in [0.15, 0.2) is 0 Å². The Balaban J connectivity index is 0.000000654. The van der Waals surface area contributed by atoms with Gasteiger partial charge < -0.3 is 4.74 Å². The van der Waals surface area contributed by atoms with Crippen molar-refractivity contribution in [2.45, 2.75) is 11.8 Å². The van der Waals surface area contributed by atoms with Crippen molar-refractivity contribution in [2.24, 2.45) is 0 Å². The molecule has 0 aliphatic heterocycles. The zero-order valence-electron chi connectivity index (χ0n) is 15.6. The van der Waals surface area contributed by atoms with E-state index in [4.69, 9.17) is 20.9 Å². The van der Waals surface area contributed by atoms with Gasteiger partial charge in [-0.1, -0.05) is 0 Å². The molecule has 0 spiro atoms. The van der Waals surface area contributed by atoms with Gasteiger partial charge in [0.25, 0.3) is 5.69 Å². The molecule has 1 aromatic rings. The summed E-state index contributed by atoms with van der Waals surface area (Å²) < 4.78 is 35.4. The molecule has 0 aliphatic rings. The SMILES string of the molecule is CCOC(=O)CN(C)CCCl.O=[N+]([O-])c1cc([N+](=O)[O-])c(S(=O)(=O)O)c([N+](=O)[O-])c1. The first-order chi connectivity index (χ1) is 13.8. The lowest BCUT2D eigenvalue weighted by molar-refractivity contribution is -0.407. The Morgan fingerprint density at radius 2 is 1.60 bits per heavy atom. The summed E-state index contributed by atoms with van der Waals surface area (Å²) in [5.41, 5.74) is -3.96. The Labute approximate surface area is 174 Å². The quantitative estimate of drug-likeness (QED) is 0.177. The van der Waals surface area contributed by atoms with Crippen LogP contribution < -0.4 is 0 Å². The number of nitro benzene ring substituents is 3.